The Morgan fingerprint density at radius 1 is 1.17 bits per heavy atom. The van der Waals surface area contributed by atoms with Gasteiger partial charge < -0.3 is 15.8 Å². The van der Waals surface area contributed by atoms with Crippen LogP contribution in [0.2, 0.25) is 0 Å². The minimum atomic E-state index is -0.222. The minimum absolute atomic E-state index is 0.00924. The zero-order chi connectivity index (χ0) is 17.5. The maximum Gasteiger partial charge on any atom is 0.258 e. The second-order valence-corrected chi connectivity index (χ2v) is 6.31. The van der Waals surface area contributed by atoms with Gasteiger partial charge in [-0.2, -0.15) is 0 Å². The fourth-order valence-corrected chi connectivity index (χ4v) is 2.48. The predicted octanol–water partition coefficient (Wildman–Crippen LogP) is 3.31. The van der Waals surface area contributed by atoms with Crippen molar-refractivity contribution >= 4 is 5.91 Å². The largest absolute Gasteiger partial charge is 0.483 e. The molecule has 2 aromatic rings. The van der Waals surface area contributed by atoms with Crippen LogP contribution in [0.1, 0.15) is 42.5 Å². The molecule has 0 aliphatic heterocycles. The van der Waals surface area contributed by atoms with Crippen molar-refractivity contribution in [2.45, 2.75) is 32.7 Å². The third-order valence-corrected chi connectivity index (χ3v) is 3.90. The van der Waals surface area contributed by atoms with E-state index in [4.69, 9.17) is 10.5 Å². The first kappa shape index (κ1) is 18.0. The third-order valence-electron chi connectivity index (χ3n) is 3.90. The van der Waals surface area contributed by atoms with Gasteiger partial charge in [0.05, 0.1) is 0 Å². The molecular formula is C20H26N2O2. The molecule has 0 heterocycles. The van der Waals surface area contributed by atoms with E-state index < -0.39 is 0 Å². The molecule has 0 bridgehead atoms. The van der Waals surface area contributed by atoms with Gasteiger partial charge in [0.15, 0.2) is 6.61 Å². The number of hydrogen-bond acceptors (Lipinski definition) is 3. The van der Waals surface area contributed by atoms with Crippen molar-refractivity contribution in [3.05, 3.63) is 65.2 Å². The van der Waals surface area contributed by atoms with Crippen LogP contribution in [-0.4, -0.2) is 19.1 Å². The molecule has 4 heteroatoms. The molecule has 24 heavy (non-hydrogen) atoms. The fourth-order valence-electron chi connectivity index (χ4n) is 2.48. The molecule has 0 saturated carbocycles. The molecule has 2 aromatic carbocycles. The van der Waals surface area contributed by atoms with Crippen LogP contribution in [0.15, 0.2) is 48.5 Å². The van der Waals surface area contributed by atoms with Crippen molar-refractivity contribution in [1.82, 2.24) is 5.32 Å². The standard InChI is InChI=1S/C20H26N2O2/c1-14(2)17-10-9-15(3)11-19(17)24-13-20(23)22-12-18(21)16-7-5-4-6-8-16/h4-11,14,18H,12-13,21H2,1-3H3,(H,22,23). The highest BCUT2D eigenvalue weighted by atomic mass is 16.5. The second-order valence-electron chi connectivity index (χ2n) is 6.31. The molecule has 4 nitrogen and oxygen atoms in total. The Morgan fingerprint density at radius 2 is 1.88 bits per heavy atom. The van der Waals surface area contributed by atoms with Crippen molar-refractivity contribution in [2.75, 3.05) is 13.2 Å². The summed E-state index contributed by atoms with van der Waals surface area (Å²) in [5.74, 6) is 0.945. The van der Waals surface area contributed by atoms with Gasteiger partial charge in [0.25, 0.3) is 5.91 Å². The molecular weight excluding hydrogens is 300 g/mol. The number of amides is 1. The molecule has 1 atom stereocenters. The summed E-state index contributed by atoms with van der Waals surface area (Å²) in [4.78, 5) is 12.0. The Labute approximate surface area is 144 Å². The summed E-state index contributed by atoms with van der Waals surface area (Å²) in [5, 5.41) is 2.83. The van der Waals surface area contributed by atoms with E-state index in [1.807, 2.05) is 43.3 Å². The maximum absolute atomic E-state index is 12.0. The summed E-state index contributed by atoms with van der Waals surface area (Å²) >= 11 is 0. The average Bonchev–Trinajstić information content (AvgIpc) is 2.58. The summed E-state index contributed by atoms with van der Waals surface area (Å²) < 4.78 is 5.73. The van der Waals surface area contributed by atoms with Crippen LogP contribution >= 0.6 is 0 Å². The molecule has 0 spiro atoms. The Morgan fingerprint density at radius 3 is 2.54 bits per heavy atom. The van der Waals surface area contributed by atoms with E-state index in [9.17, 15) is 4.79 Å². The quantitative estimate of drug-likeness (QED) is 0.820. The Balaban J connectivity index is 1.86. The molecule has 0 aromatic heterocycles. The molecule has 2 rings (SSSR count). The van der Waals surface area contributed by atoms with E-state index in [0.717, 1.165) is 22.4 Å². The van der Waals surface area contributed by atoms with E-state index in [-0.39, 0.29) is 18.6 Å². The number of carbonyl (C=O) groups is 1. The van der Waals surface area contributed by atoms with Crippen LogP contribution < -0.4 is 15.8 Å². The number of nitrogens with two attached hydrogens (primary N) is 1. The van der Waals surface area contributed by atoms with E-state index >= 15 is 0 Å². The van der Waals surface area contributed by atoms with Gasteiger partial charge in [0, 0.05) is 12.6 Å². The molecule has 1 amide bonds. The molecule has 128 valence electrons. The van der Waals surface area contributed by atoms with Crippen LogP contribution in [0.5, 0.6) is 5.75 Å². The highest BCUT2D eigenvalue weighted by Crippen LogP contribution is 2.27. The summed E-state index contributed by atoms with van der Waals surface area (Å²) in [6, 6.07) is 15.6. The Bertz CT molecular complexity index is 669. The Kier molecular flexibility index (Phi) is 6.38. The van der Waals surface area contributed by atoms with Crippen molar-refractivity contribution in [1.29, 1.82) is 0 Å². The van der Waals surface area contributed by atoms with E-state index in [1.165, 1.54) is 0 Å². The third kappa shape index (κ3) is 5.10. The number of carbonyl (C=O) groups excluding carboxylic acids is 1. The fraction of sp³-hybridized carbons (Fsp3) is 0.350. The normalized spacial score (nSPS) is 12.0. The smallest absolute Gasteiger partial charge is 0.258 e. The van der Waals surface area contributed by atoms with E-state index in [0.29, 0.717) is 12.5 Å². The highest BCUT2D eigenvalue weighted by Gasteiger charge is 2.11. The van der Waals surface area contributed by atoms with Gasteiger partial charge >= 0.3 is 0 Å². The van der Waals surface area contributed by atoms with Crippen LogP contribution in [0.25, 0.3) is 0 Å². The zero-order valence-electron chi connectivity index (χ0n) is 14.6. The first-order valence-electron chi connectivity index (χ1n) is 8.28. The summed E-state index contributed by atoms with van der Waals surface area (Å²) in [6.07, 6.45) is 0. The molecule has 1 unspecified atom stereocenters. The second kappa shape index (κ2) is 8.50. The summed E-state index contributed by atoms with van der Waals surface area (Å²) in [5.41, 5.74) is 9.30. The molecule has 0 radical (unpaired) electrons. The highest BCUT2D eigenvalue weighted by molar-refractivity contribution is 5.77. The number of ether oxygens (including phenoxy) is 1. The zero-order valence-corrected chi connectivity index (χ0v) is 14.6. The maximum atomic E-state index is 12.0. The van der Waals surface area contributed by atoms with Crippen LogP contribution in [-0.2, 0) is 4.79 Å². The van der Waals surface area contributed by atoms with Gasteiger partial charge in [-0.3, -0.25) is 4.79 Å². The topological polar surface area (TPSA) is 64.3 Å². The van der Waals surface area contributed by atoms with Gasteiger partial charge in [-0.15, -0.1) is 0 Å². The summed E-state index contributed by atoms with van der Waals surface area (Å²) in [6.45, 7) is 6.60. The lowest BCUT2D eigenvalue weighted by Gasteiger charge is -2.16. The van der Waals surface area contributed by atoms with Crippen molar-refractivity contribution in [2.24, 2.45) is 5.73 Å². The van der Waals surface area contributed by atoms with E-state index in [2.05, 4.69) is 31.3 Å². The van der Waals surface area contributed by atoms with Gasteiger partial charge in [-0.05, 0) is 35.6 Å². The van der Waals surface area contributed by atoms with Crippen LogP contribution in [0.4, 0.5) is 0 Å². The SMILES string of the molecule is Cc1ccc(C(C)C)c(OCC(=O)NCC(N)c2ccccc2)c1. The lowest BCUT2D eigenvalue weighted by Crippen LogP contribution is -2.35. The number of nitrogens with one attached hydrogen (secondary N) is 1. The van der Waals surface area contributed by atoms with Crippen molar-refractivity contribution in [3.63, 3.8) is 0 Å². The van der Waals surface area contributed by atoms with Crippen LogP contribution in [0.3, 0.4) is 0 Å². The molecule has 0 saturated heterocycles. The van der Waals surface area contributed by atoms with E-state index in [1.54, 1.807) is 0 Å². The van der Waals surface area contributed by atoms with Crippen molar-refractivity contribution in [3.8, 4) is 5.75 Å². The van der Waals surface area contributed by atoms with Crippen molar-refractivity contribution < 1.29 is 9.53 Å². The predicted molar refractivity (Wildman–Crippen MR) is 97.1 cm³/mol. The lowest BCUT2D eigenvalue weighted by atomic mass is 10.0. The molecule has 0 aliphatic rings. The molecule has 3 N–H and O–H groups in total. The number of aryl methyl sites for hydroxylation is 1. The van der Waals surface area contributed by atoms with Gasteiger partial charge in [0.2, 0.25) is 0 Å². The summed E-state index contributed by atoms with van der Waals surface area (Å²) in [7, 11) is 0. The first-order chi connectivity index (χ1) is 11.5. The van der Waals surface area contributed by atoms with Gasteiger partial charge in [0.1, 0.15) is 5.75 Å². The molecule has 0 fully saturated rings. The van der Waals surface area contributed by atoms with Gasteiger partial charge in [-0.1, -0.05) is 56.3 Å². The first-order valence-corrected chi connectivity index (χ1v) is 8.28. The average molecular weight is 326 g/mol. The minimum Gasteiger partial charge on any atom is -0.483 e. The molecule has 0 aliphatic carbocycles. The van der Waals surface area contributed by atoms with Gasteiger partial charge in [-0.25, -0.2) is 0 Å². The lowest BCUT2D eigenvalue weighted by molar-refractivity contribution is -0.123. The number of rotatable bonds is 7. The Hall–Kier alpha value is -2.33. The van der Waals surface area contributed by atoms with Crippen LogP contribution in [0, 0.1) is 6.92 Å². The monoisotopic (exact) mass is 326 g/mol. The number of hydrogen-bond donors (Lipinski definition) is 2. The number of benzene rings is 2.